The molecule has 1 unspecified atom stereocenters. The molecule has 1 aliphatic carbocycles. The maximum absolute atomic E-state index is 11.3. The second-order valence-electron chi connectivity index (χ2n) is 3.07. The number of hydrazone groups is 1. The number of thiocarbonyl (C=S) groups is 1. The van der Waals surface area contributed by atoms with Crippen LogP contribution in [0, 0.1) is 5.92 Å². The summed E-state index contributed by atoms with van der Waals surface area (Å²) in [6, 6.07) is 0. The van der Waals surface area contributed by atoms with Gasteiger partial charge >= 0.3 is 0 Å². The van der Waals surface area contributed by atoms with Gasteiger partial charge < -0.3 is 5.73 Å². The van der Waals surface area contributed by atoms with Crippen LogP contribution in [0.4, 0.5) is 0 Å². The summed E-state index contributed by atoms with van der Waals surface area (Å²) >= 11 is 4.56. The first-order chi connectivity index (χ1) is 6.20. The molecule has 1 rings (SSSR count). The number of rotatable bonds is 2. The number of carbonyl (C=O) groups excluding carboxylic acids is 1. The Bertz CT molecular complexity index is 240. The fraction of sp³-hybridized carbons (Fsp3) is 0.625. The molecule has 0 amide bonds. The highest BCUT2D eigenvalue weighted by Crippen LogP contribution is 2.18. The molecule has 5 heteroatoms. The summed E-state index contributed by atoms with van der Waals surface area (Å²) in [5.41, 5.74) is 7.60. The molecular weight excluding hydrogens is 186 g/mol. The molecule has 0 heterocycles. The molecule has 0 radical (unpaired) electrons. The normalized spacial score (nSPS) is 23.4. The number of nitrogens with zero attached hydrogens (tertiary/aromatic N) is 1. The largest absolute Gasteiger partial charge is 0.375 e. The van der Waals surface area contributed by atoms with E-state index in [0.717, 1.165) is 19.3 Å². The Labute approximate surface area is 82.6 Å². The molecule has 0 aliphatic heterocycles. The molecule has 0 aromatic rings. The molecule has 1 atom stereocenters. The van der Waals surface area contributed by atoms with Crippen molar-refractivity contribution in [1.82, 2.24) is 5.43 Å². The Hall–Kier alpha value is -0.970. The predicted molar refractivity (Wildman–Crippen MR) is 55.4 cm³/mol. The van der Waals surface area contributed by atoms with Crippen LogP contribution in [-0.2, 0) is 4.79 Å². The number of nitrogens with one attached hydrogen (secondary N) is 1. The van der Waals surface area contributed by atoms with E-state index in [-0.39, 0.29) is 16.8 Å². The first-order valence-electron chi connectivity index (χ1n) is 4.31. The monoisotopic (exact) mass is 199 g/mol. The highest BCUT2D eigenvalue weighted by molar-refractivity contribution is 7.80. The molecule has 13 heavy (non-hydrogen) atoms. The van der Waals surface area contributed by atoms with Gasteiger partial charge in [-0.05, 0) is 25.1 Å². The van der Waals surface area contributed by atoms with E-state index < -0.39 is 0 Å². The summed E-state index contributed by atoms with van der Waals surface area (Å²) in [4.78, 5) is 11.3. The van der Waals surface area contributed by atoms with E-state index in [1.165, 1.54) is 0 Å². The van der Waals surface area contributed by atoms with Gasteiger partial charge in [-0.3, -0.25) is 10.2 Å². The van der Waals surface area contributed by atoms with Crippen molar-refractivity contribution < 1.29 is 4.79 Å². The van der Waals surface area contributed by atoms with Crippen molar-refractivity contribution in [2.24, 2.45) is 16.8 Å². The van der Waals surface area contributed by atoms with Gasteiger partial charge in [-0.25, -0.2) is 0 Å². The number of carbonyl (C=O) groups is 1. The molecule has 0 aromatic carbocycles. The van der Waals surface area contributed by atoms with Crippen LogP contribution in [0.25, 0.3) is 0 Å². The van der Waals surface area contributed by atoms with Crippen molar-refractivity contribution in [3.05, 3.63) is 0 Å². The van der Waals surface area contributed by atoms with Crippen LogP contribution >= 0.6 is 12.2 Å². The van der Waals surface area contributed by atoms with Crippen LogP contribution in [0.3, 0.4) is 0 Å². The lowest BCUT2D eigenvalue weighted by Crippen LogP contribution is -2.26. The van der Waals surface area contributed by atoms with E-state index in [1.807, 2.05) is 0 Å². The maximum atomic E-state index is 11.3. The smallest absolute Gasteiger partial charge is 0.184 e. The molecule has 1 fully saturated rings. The Morgan fingerprint density at radius 1 is 1.69 bits per heavy atom. The topological polar surface area (TPSA) is 67.5 Å². The Kier molecular flexibility index (Phi) is 3.82. The van der Waals surface area contributed by atoms with Crippen molar-refractivity contribution in [3.63, 3.8) is 0 Å². The van der Waals surface area contributed by atoms with Crippen LogP contribution in [-0.4, -0.2) is 17.1 Å². The van der Waals surface area contributed by atoms with Gasteiger partial charge in [0.2, 0.25) is 0 Å². The van der Waals surface area contributed by atoms with E-state index in [4.69, 9.17) is 5.73 Å². The summed E-state index contributed by atoms with van der Waals surface area (Å²) < 4.78 is 0. The molecule has 3 N–H and O–H groups in total. The third kappa shape index (κ3) is 3.50. The number of hydrogen-bond donors (Lipinski definition) is 2. The van der Waals surface area contributed by atoms with Gasteiger partial charge in [0.25, 0.3) is 0 Å². The minimum Gasteiger partial charge on any atom is -0.375 e. The van der Waals surface area contributed by atoms with Gasteiger partial charge in [0.1, 0.15) is 5.78 Å². The van der Waals surface area contributed by atoms with Crippen LogP contribution in [0.2, 0.25) is 0 Å². The van der Waals surface area contributed by atoms with Crippen LogP contribution in [0.15, 0.2) is 5.10 Å². The fourth-order valence-corrected chi connectivity index (χ4v) is 1.41. The SMILES string of the molecule is NC(=S)NN=CC1CCCCC1=O. The second-order valence-corrected chi connectivity index (χ2v) is 3.51. The number of Topliss-reactive ketones (excluding diaryl/α,β-unsaturated/α-hetero) is 1. The Morgan fingerprint density at radius 3 is 3.08 bits per heavy atom. The molecule has 72 valence electrons. The van der Waals surface area contributed by atoms with Gasteiger partial charge in [0.05, 0.1) is 5.92 Å². The van der Waals surface area contributed by atoms with Crippen molar-refractivity contribution in [1.29, 1.82) is 0 Å². The van der Waals surface area contributed by atoms with E-state index in [9.17, 15) is 4.79 Å². The van der Waals surface area contributed by atoms with Gasteiger partial charge in [-0.15, -0.1) is 0 Å². The van der Waals surface area contributed by atoms with Crippen molar-refractivity contribution in [2.45, 2.75) is 25.7 Å². The van der Waals surface area contributed by atoms with Crippen LogP contribution in [0.5, 0.6) is 0 Å². The average molecular weight is 199 g/mol. The zero-order valence-corrected chi connectivity index (χ0v) is 8.14. The van der Waals surface area contributed by atoms with Crippen molar-refractivity contribution in [3.8, 4) is 0 Å². The van der Waals surface area contributed by atoms with E-state index in [1.54, 1.807) is 6.21 Å². The standard InChI is InChI=1S/C8H13N3OS/c9-8(13)11-10-5-6-3-1-2-4-7(6)12/h5-6H,1-4H2,(H3,9,11,13). The lowest BCUT2D eigenvalue weighted by Gasteiger charge is -2.15. The number of hydrogen-bond acceptors (Lipinski definition) is 3. The lowest BCUT2D eigenvalue weighted by molar-refractivity contribution is -0.122. The Morgan fingerprint density at radius 2 is 2.46 bits per heavy atom. The van der Waals surface area contributed by atoms with E-state index in [0.29, 0.717) is 6.42 Å². The fourth-order valence-electron chi connectivity index (χ4n) is 1.36. The third-order valence-electron chi connectivity index (χ3n) is 2.03. The summed E-state index contributed by atoms with van der Waals surface area (Å²) in [6.07, 6.45) is 5.26. The van der Waals surface area contributed by atoms with Gasteiger partial charge in [-0.1, -0.05) is 6.42 Å². The lowest BCUT2D eigenvalue weighted by atomic mass is 9.89. The Balaban J connectivity index is 2.37. The van der Waals surface area contributed by atoms with Crippen molar-refractivity contribution in [2.75, 3.05) is 0 Å². The maximum Gasteiger partial charge on any atom is 0.184 e. The average Bonchev–Trinajstić information content (AvgIpc) is 2.08. The van der Waals surface area contributed by atoms with Gasteiger partial charge in [0.15, 0.2) is 5.11 Å². The van der Waals surface area contributed by atoms with E-state index in [2.05, 4.69) is 22.7 Å². The molecule has 0 spiro atoms. The first-order valence-corrected chi connectivity index (χ1v) is 4.72. The molecule has 1 saturated carbocycles. The molecule has 1 aliphatic rings. The van der Waals surface area contributed by atoms with Crippen LogP contribution in [0.1, 0.15) is 25.7 Å². The zero-order valence-electron chi connectivity index (χ0n) is 7.32. The molecular formula is C8H13N3OS. The number of ketones is 1. The molecule has 0 aromatic heterocycles. The van der Waals surface area contributed by atoms with E-state index >= 15 is 0 Å². The molecule has 0 bridgehead atoms. The molecule has 4 nitrogen and oxygen atoms in total. The highest BCUT2D eigenvalue weighted by atomic mass is 32.1. The quantitative estimate of drug-likeness (QED) is 0.387. The zero-order chi connectivity index (χ0) is 9.68. The minimum atomic E-state index is -0.0457. The predicted octanol–water partition coefficient (Wildman–Crippen LogP) is 0.565. The van der Waals surface area contributed by atoms with Crippen LogP contribution < -0.4 is 11.2 Å². The summed E-state index contributed by atoms with van der Waals surface area (Å²) in [5.74, 6) is 0.218. The summed E-state index contributed by atoms with van der Waals surface area (Å²) in [7, 11) is 0. The summed E-state index contributed by atoms with van der Waals surface area (Å²) in [6.45, 7) is 0. The van der Waals surface area contributed by atoms with Gasteiger partial charge in [-0.2, -0.15) is 5.10 Å². The third-order valence-corrected chi connectivity index (χ3v) is 2.12. The minimum absolute atomic E-state index is 0.0457. The molecule has 0 saturated heterocycles. The highest BCUT2D eigenvalue weighted by Gasteiger charge is 2.19. The summed E-state index contributed by atoms with van der Waals surface area (Å²) in [5, 5.41) is 3.91. The first kappa shape index (κ1) is 10.1. The second kappa shape index (κ2) is 4.91. The number of nitrogens with two attached hydrogens (primary N) is 1. The van der Waals surface area contributed by atoms with Gasteiger partial charge in [0, 0.05) is 12.6 Å². The van der Waals surface area contributed by atoms with Crippen molar-refractivity contribution >= 4 is 29.3 Å².